The fourth-order valence-corrected chi connectivity index (χ4v) is 4.00. The number of nitrogens with one attached hydrogen (secondary N) is 3. The van der Waals surface area contributed by atoms with Crippen LogP contribution in [0.15, 0.2) is 48.7 Å². The third-order valence-electron chi connectivity index (χ3n) is 4.79. The monoisotopic (exact) mass is 463 g/mol. The molecule has 2 heterocycles. The number of anilines is 2. The molecule has 3 N–H and O–H groups in total. The molecule has 0 radical (unpaired) electrons. The maximum atomic E-state index is 13.2. The van der Waals surface area contributed by atoms with Crippen molar-refractivity contribution in [3.63, 3.8) is 0 Å². The number of nitrogens with zero attached hydrogens (tertiary/aromatic N) is 4. The molecule has 0 atom stereocenters. The number of ketones is 1. The van der Waals surface area contributed by atoms with Gasteiger partial charge in [0, 0.05) is 23.1 Å². The Hall–Kier alpha value is -4.12. The molecule has 0 fully saturated rings. The van der Waals surface area contributed by atoms with E-state index in [1.54, 1.807) is 42.6 Å². The lowest BCUT2D eigenvalue weighted by molar-refractivity contribution is 0.103. The van der Waals surface area contributed by atoms with Crippen LogP contribution in [-0.4, -0.2) is 44.5 Å². The molecule has 10 nitrogen and oxygen atoms in total. The van der Waals surface area contributed by atoms with E-state index in [-0.39, 0.29) is 5.78 Å². The highest BCUT2D eigenvalue weighted by atomic mass is 32.1. The molecule has 2 aromatic heterocycles. The molecule has 2 amide bonds. The van der Waals surface area contributed by atoms with Gasteiger partial charge in [-0.2, -0.15) is 0 Å². The highest BCUT2D eigenvalue weighted by molar-refractivity contribution is 7.15. The largest absolute Gasteiger partial charge is 0.496 e. The first kappa shape index (κ1) is 22.1. The Labute approximate surface area is 193 Å². The summed E-state index contributed by atoms with van der Waals surface area (Å²) in [5, 5.41) is 19.6. The van der Waals surface area contributed by atoms with E-state index in [4.69, 9.17) is 4.74 Å². The lowest BCUT2D eigenvalue weighted by Gasteiger charge is -2.13. The molecule has 0 aliphatic heterocycles. The number of tetrazole rings is 1. The Morgan fingerprint density at radius 3 is 2.73 bits per heavy atom. The zero-order valence-corrected chi connectivity index (χ0v) is 18.8. The van der Waals surface area contributed by atoms with Crippen molar-refractivity contribution in [1.82, 2.24) is 25.6 Å². The Morgan fingerprint density at radius 1 is 1.09 bits per heavy atom. The van der Waals surface area contributed by atoms with Gasteiger partial charge in [0.25, 0.3) is 0 Å². The Kier molecular flexibility index (Phi) is 6.69. The van der Waals surface area contributed by atoms with E-state index in [0.717, 1.165) is 10.4 Å². The van der Waals surface area contributed by atoms with E-state index < -0.39 is 6.03 Å². The normalized spacial score (nSPS) is 10.6. The maximum Gasteiger partial charge on any atom is 0.325 e. The van der Waals surface area contributed by atoms with E-state index >= 15 is 0 Å². The molecule has 33 heavy (non-hydrogen) atoms. The third kappa shape index (κ3) is 5.39. The fourth-order valence-electron chi connectivity index (χ4n) is 3.19. The van der Waals surface area contributed by atoms with E-state index in [2.05, 4.69) is 36.2 Å². The topological polar surface area (TPSA) is 135 Å². The Balaban J connectivity index is 1.46. The first-order valence-corrected chi connectivity index (χ1v) is 10.9. The van der Waals surface area contributed by atoms with Crippen molar-refractivity contribution in [2.24, 2.45) is 0 Å². The average molecular weight is 464 g/mol. The first-order chi connectivity index (χ1) is 16.0. The summed E-state index contributed by atoms with van der Waals surface area (Å²) < 4.78 is 5.32. The SMILES string of the molecule is COc1ccccc1C(=O)c1cc(C)ccc1NC(=O)Nc1ncc(CCc2nnn[nH]2)s1. The summed E-state index contributed by atoms with van der Waals surface area (Å²) in [6.07, 6.45) is 3.03. The number of aromatic amines is 1. The van der Waals surface area contributed by atoms with Gasteiger partial charge in [-0.15, -0.1) is 16.4 Å². The average Bonchev–Trinajstić information content (AvgIpc) is 3.50. The predicted molar refractivity (Wildman–Crippen MR) is 124 cm³/mol. The van der Waals surface area contributed by atoms with Gasteiger partial charge in [-0.1, -0.05) is 23.8 Å². The van der Waals surface area contributed by atoms with Crippen LogP contribution in [0.25, 0.3) is 0 Å². The highest BCUT2D eigenvalue weighted by Gasteiger charge is 2.19. The van der Waals surface area contributed by atoms with Gasteiger partial charge < -0.3 is 10.1 Å². The Morgan fingerprint density at radius 2 is 1.94 bits per heavy atom. The van der Waals surface area contributed by atoms with Gasteiger partial charge in [0.1, 0.15) is 11.6 Å². The number of amides is 2. The summed E-state index contributed by atoms with van der Waals surface area (Å²) in [5.41, 5.74) is 2.07. The van der Waals surface area contributed by atoms with Crippen LogP contribution in [0.3, 0.4) is 0 Å². The van der Waals surface area contributed by atoms with Gasteiger partial charge in [0.15, 0.2) is 10.9 Å². The molecule has 0 bridgehead atoms. The van der Waals surface area contributed by atoms with Gasteiger partial charge in [-0.05, 0) is 48.0 Å². The van der Waals surface area contributed by atoms with Crippen LogP contribution in [-0.2, 0) is 12.8 Å². The zero-order valence-electron chi connectivity index (χ0n) is 18.0. The summed E-state index contributed by atoms with van der Waals surface area (Å²) in [4.78, 5) is 31.1. The van der Waals surface area contributed by atoms with Gasteiger partial charge in [0.05, 0.1) is 18.4 Å². The van der Waals surface area contributed by atoms with E-state index in [1.807, 2.05) is 13.0 Å². The van der Waals surface area contributed by atoms with E-state index in [9.17, 15) is 9.59 Å². The van der Waals surface area contributed by atoms with E-state index in [0.29, 0.717) is 46.4 Å². The van der Waals surface area contributed by atoms with Crippen LogP contribution in [0.5, 0.6) is 5.75 Å². The van der Waals surface area contributed by atoms with Gasteiger partial charge in [-0.25, -0.2) is 14.9 Å². The molecule has 4 aromatic rings. The second-order valence-electron chi connectivity index (χ2n) is 7.14. The number of methoxy groups -OCH3 is 1. The molecule has 2 aromatic carbocycles. The lowest BCUT2D eigenvalue weighted by atomic mass is 9.99. The molecular weight excluding hydrogens is 442 g/mol. The zero-order chi connectivity index (χ0) is 23.2. The number of ether oxygens (including phenoxy) is 1. The fraction of sp³-hybridized carbons (Fsp3) is 0.182. The molecule has 0 saturated heterocycles. The number of H-pyrrole nitrogens is 1. The van der Waals surface area contributed by atoms with Crippen LogP contribution in [0.1, 0.15) is 32.2 Å². The molecule has 4 rings (SSSR count). The van der Waals surface area contributed by atoms with Crippen molar-refractivity contribution in [2.45, 2.75) is 19.8 Å². The van der Waals surface area contributed by atoms with Crippen molar-refractivity contribution in [3.05, 3.63) is 76.1 Å². The number of para-hydroxylation sites is 1. The van der Waals surface area contributed by atoms with Crippen LogP contribution >= 0.6 is 11.3 Å². The number of aryl methyl sites for hydroxylation is 3. The summed E-state index contributed by atoms with van der Waals surface area (Å²) in [6, 6.07) is 11.8. The van der Waals surface area contributed by atoms with Gasteiger partial charge in [-0.3, -0.25) is 10.1 Å². The standard InChI is InChI=1S/C22H21N7O3S/c1-13-7-9-17(16(11-13)20(30)15-5-3-4-6-18(15)32-2)24-21(31)25-22-23-12-14(33-22)8-10-19-26-28-29-27-19/h3-7,9,11-12H,8,10H2,1-2H3,(H2,23,24,25,31)(H,26,27,28,29). The Bertz CT molecular complexity index is 1270. The molecule has 0 spiro atoms. The van der Waals surface area contributed by atoms with Gasteiger partial charge in [0.2, 0.25) is 0 Å². The second-order valence-corrected chi connectivity index (χ2v) is 8.25. The predicted octanol–water partition coefficient (Wildman–Crippen LogP) is 3.63. The van der Waals surface area contributed by atoms with E-state index in [1.165, 1.54) is 18.4 Å². The van der Waals surface area contributed by atoms with Crippen LogP contribution in [0.4, 0.5) is 15.6 Å². The molecule has 11 heteroatoms. The minimum Gasteiger partial charge on any atom is -0.496 e. The van der Waals surface area contributed by atoms with Crippen LogP contribution in [0, 0.1) is 6.92 Å². The number of thiazole rings is 1. The number of hydrogen-bond acceptors (Lipinski definition) is 8. The molecule has 0 saturated carbocycles. The molecular formula is C22H21N7O3S. The molecule has 0 aliphatic rings. The number of carbonyl (C=O) groups is 2. The van der Waals surface area contributed by atoms with Crippen molar-refractivity contribution >= 4 is 34.0 Å². The number of rotatable bonds is 8. The summed E-state index contributed by atoms with van der Waals surface area (Å²) in [6.45, 7) is 1.88. The number of aromatic nitrogens is 5. The lowest BCUT2D eigenvalue weighted by Crippen LogP contribution is -2.21. The smallest absolute Gasteiger partial charge is 0.325 e. The summed E-state index contributed by atoms with van der Waals surface area (Å²) in [5.74, 6) is 0.906. The molecule has 0 unspecified atom stereocenters. The minimum atomic E-state index is -0.492. The summed E-state index contributed by atoms with van der Waals surface area (Å²) in [7, 11) is 1.51. The third-order valence-corrected chi connectivity index (χ3v) is 5.76. The van der Waals surface area contributed by atoms with Gasteiger partial charge >= 0.3 is 6.03 Å². The van der Waals surface area contributed by atoms with Crippen molar-refractivity contribution in [1.29, 1.82) is 0 Å². The maximum absolute atomic E-state index is 13.2. The molecule has 0 aliphatic carbocycles. The summed E-state index contributed by atoms with van der Waals surface area (Å²) >= 11 is 1.36. The number of hydrogen-bond donors (Lipinski definition) is 3. The highest BCUT2D eigenvalue weighted by Crippen LogP contribution is 2.26. The second kappa shape index (κ2) is 10.0. The minimum absolute atomic E-state index is 0.245. The first-order valence-electron chi connectivity index (χ1n) is 10.1. The quantitative estimate of drug-likeness (QED) is 0.340. The number of benzene rings is 2. The van der Waals surface area contributed by atoms with Crippen molar-refractivity contribution < 1.29 is 14.3 Å². The number of carbonyl (C=O) groups excluding carboxylic acids is 2. The van der Waals surface area contributed by atoms with Crippen LogP contribution < -0.4 is 15.4 Å². The van der Waals surface area contributed by atoms with Crippen LogP contribution in [0.2, 0.25) is 0 Å². The van der Waals surface area contributed by atoms with Crippen molar-refractivity contribution in [2.75, 3.05) is 17.7 Å². The van der Waals surface area contributed by atoms with Crippen molar-refractivity contribution in [3.8, 4) is 5.75 Å². The molecule has 168 valence electrons. The number of urea groups is 1.